The van der Waals surface area contributed by atoms with Crippen molar-refractivity contribution in [3.63, 3.8) is 0 Å². The molecule has 110 valence electrons. The number of carbonyl (C=O) groups is 2. The van der Waals surface area contributed by atoms with E-state index >= 15 is 0 Å². The first-order valence-corrected chi connectivity index (χ1v) is 6.19. The summed E-state index contributed by atoms with van der Waals surface area (Å²) in [5, 5.41) is 19.8. The SMILES string of the molecule is CCC1OC(COC(C)=O)C(OC(C)=O)C(O)C1O. The maximum Gasteiger partial charge on any atom is 0.303 e. The number of hydrogen-bond donors (Lipinski definition) is 2. The summed E-state index contributed by atoms with van der Waals surface area (Å²) in [6.45, 7) is 4.07. The van der Waals surface area contributed by atoms with Crippen LogP contribution in [0.25, 0.3) is 0 Å². The number of aliphatic hydroxyl groups excluding tert-OH is 2. The van der Waals surface area contributed by atoms with Gasteiger partial charge in [0.1, 0.15) is 24.9 Å². The van der Waals surface area contributed by atoms with Crippen molar-refractivity contribution in [2.75, 3.05) is 6.61 Å². The lowest BCUT2D eigenvalue weighted by Crippen LogP contribution is -2.59. The van der Waals surface area contributed by atoms with Gasteiger partial charge in [0.2, 0.25) is 0 Å². The summed E-state index contributed by atoms with van der Waals surface area (Å²) in [5.74, 6) is -1.11. The molecule has 1 rings (SSSR count). The fraction of sp³-hybridized carbons (Fsp3) is 0.833. The number of carbonyl (C=O) groups excluding carboxylic acids is 2. The zero-order chi connectivity index (χ0) is 14.6. The lowest BCUT2D eigenvalue weighted by molar-refractivity contribution is -0.240. The van der Waals surface area contributed by atoms with Crippen LogP contribution in [0.2, 0.25) is 0 Å². The van der Waals surface area contributed by atoms with E-state index in [-0.39, 0.29) is 6.61 Å². The largest absolute Gasteiger partial charge is 0.463 e. The molecule has 7 nitrogen and oxygen atoms in total. The maximum absolute atomic E-state index is 11.0. The van der Waals surface area contributed by atoms with Crippen molar-refractivity contribution in [3.05, 3.63) is 0 Å². The summed E-state index contributed by atoms with van der Waals surface area (Å²) in [6, 6.07) is 0. The monoisotopic (exact) mass is 276 g/mol. The van der Waals surface area contributed by atoms with E-state index in [0.717, 1.165) is 0 Å². The van der Waals surface area contributed by atoms with Crippen molar-refractivity contribution >= 4 is 11.9 Å². The van der Waals surface area contributed by atoms with Gasteiger partial charge in [-0.25, -0.2) is 0 Å². The van der Waals surface area contributed by atoms with Crippen LogP contribution in [0.1, 0.15) is 27.2 Å². The second kappa shape index (κ2) is 6.83. The normalized spacial score (nSPS) is 34.7. The van der Waals surface area contributed by atoms with E-state index in [2.05, 4.69) is 0 Å². The van der Waals surface area contributed by atoms with Crippen LogP contribution < -0.4 is 0 Å². The molecule has 0 saturated carbocycles. The molecule has 5 atom stereocenters. The van der Waals surface area contributed by atoms with Gasteiger partial charge in [-0.1, -0.05) is 6.92 Å². The molecule has 0 spiro atoms. The summed E-state index contributed by atoms with van der Waals surface area (Å²) in [5.41, 5.74) is 0. The van der Waals surface area contributed by atoms with Crippen LogP contribution in [0.15, 0.2) is 0 Å². The zero-order valence-corrected chi connectivity index (χ0v) is 11.2. The first-order valence-electron chi connectivity index (χ1n) is 6.19. The second-order valence-electron chi connectivity index (χ2n) is 4.48. The Hall–Kier alpha value is -1.18. The topological polar surface area (TPSA) is 102 Å². The highest BCUT2D eigenvalue weighted by atomic mass is 16.6. The highest BCUT2D eigenvalue weighted by Crippen LogP contribution is 2.25. The van der Waals surface area contributed by atoms with E-state index in [9.17, 15) is 19.8 Å². The van der Waals surface area contributed by atoms with Gasteiger partial charge in [0.25, 0.3) is 0 Å². The Morgan fingerprint density at radius 3 is 2.21 bits per heavy atom. The first kappa shape index (κ1) is 15.9. The molecule has 19 heavy (non-hydrogen) atoms. The van der Waals surface area contributed by atoms with E-state index < -0.39 is 42.5 Å². The van der Waals surface area contributed by atoms with Crippen LogP contribution in [0.5, 0.6) is 0 Å². The molecule has 5 unspecified atom stereocenters. The Morgan fingerprint density at radius 1 is 1.11 bits per heavy atom. The highest BCUT2D eigenvalue weighted by molar-refractivity contribution is 5.66. The Morgan fingerprint density at radius 2 is 1.74 bits per heavy atom. The average Bonchev–Trinajstić information content (AvgIpc) is 2.33. The van der Waals surface area contributed by atoms with Gasteiger partial charge in [-0.05, 0) is 6.42 Å². The molecule has 0 aliphatic carbocycles. The third-order valence-electron chi connectivity index (χ3n) is 2.94. The number of ether oxygens (including phenoxy) is 3. The molecule has 0 aromatic rings. The van der Waals surface area contributed by atoms with Gasteiger partial charge in [0, 0.05) is 13.8 Å². The van der Waals surface area contributed by atoms with Gasteiger partial charge in [-0.2, -0.15) is 0 Å². The van der Waals surface area contributed by atoms with Crippen LogP contribution in [0.3, 0.4) is 0 Å². The van der Waals surface area contributed by atoms with Gasteiger partial charge in [-0.15, -0.1) is 0 Å². The Balaban J connectivity index is 2.79. The number of aliphatic hydroxyl groups is 2. The number of rotatable bonds is 4. The molecule has 0 radical (unpaired) electrons. The molecule has 1 aliphatic heterocycles. The third kappa shape index (κ3) is 4.15. The minimum atomic E-state index is -1.27. The van der Waals surface area contributed by atoms with E-state index in [0.29, 0.717) is 6.42 Å². The van der Waals surface area contributed by atoms with Gasteiger partial charge >= 0.3 is 11.9 Å². The molecule has 1 saturated heterocycles. The van der Waals surface area contributed by atoms with Crippen molar-refractivity contribution in [1.29, 1.82) is 0 Å². The molecular formula is C12H20O7. The van der Waals surface area contributed by atoms with Crippen LogP contribution >= 0.6 is 0 Å². The predicted molar refractivity (Wildman–Crippen MR) is 63.2 cm³/mol. The summed E-state index contributed by atoms with van der Waals surface area (Å²) in [7, 11) is 0. The van der Waals surface area contributed by atoms with E-state index in [4.69, 9.17) is 14.2 Å². The molecule has 0 aromatic heterocycles. The fourth-order valence-corrected chi connectivity index (χ4v) is 2.03. The predicted octanol–water partition coefficient (Wildman–Crippen LogP) is -0.620. The summed E-state index contributed by atoms with van der Waals surface area (Å²) in [6.07, 6.45) is -4.40. The van der Waals surface area contributed by atoms with Crippen molar-refractivity contribution < 1.29 is 34.0 Å². The Kier molecular flexibility index (Phi) is 5.71. The summed E-state index contributed by atoms with van der Waals surface area (Å²) < 4.78 is 15.3. The standard InChI is InChI=1S/C12H20O7/c1-4-8-10(15)11(16)12(18-7(3)14)9(19-8)5-17-6(2)13/h8-12,15-16H,4-5H2,1-3H3. The number of hydrogen-bond acceptors (Lipinski definition) is 7. The molecule has 0 bridgehead atoms. The Bertz CT molecular complexity index is 330. The zero-order valence-electron chi connectivity index (χ0n) is 11.2. The molecule has 1 fully saturated rings. The summed E-state index contributed by atoms with van der Waals surface area (Å²) in [4.78, 5) is 21.8. The molecule has 1 heterocycles. The van der Waals surface area contributed by atoms with E-state index in [1.165, 1.54) is 13.8 Å². The molecule has 7 heteroatoms. The van der Waals surface area contributed by atoms with Crippen LogP contribution in [-0.4, -0.2) is 59.3 Å². The number of esters is 2. The van der Waals surface area contributed by atoms with Crippen LogP contribution in [-0.2, 0) is 23.8 Å². The van der Waals surface area contributed by atoms with E-state index in [1.807, 2.05) is 0 Å². The highest BCUT2D eigenvalue weighted by Gasteiger charge is 2.46. The molecule has 2 N–H and O–H groups in total. The van der Waals surface area contributed by atoms with E-state index in [1.54, 1.807) is 6.92 Å². The first-order chi connectivity index (χ1) is 8.86. The molecule has 0 amide bonds. The van der Waals surface area contributed by atoms with Gasteiger partial charge in [0.15, 0.2) is 6.10 Å². The summed E-state index contributed by atoms with van der Waals surface area (Å²) >= 11 is 0. The van der Waals surface area contributed by atoms with Gasteiger partial charge in [-0.3, -0.25) is 9.59 Å². The fourth-order valence-electron chi connectivity index (χ4n) is 2.03. The van der Waals surface area contributed by atoms with Gasteiger partial charge < -0.3 is 24.4 Å². The molecule has 1 aliphatic rings. The lowest BCUT2D eigenvalue weighted by Gasteiger charge is -2.41. The molecule has 0 aromatic carbocycles. The lowest BCUT2D eigenvalue weighted by atomic mass is 9.94. The smallest absolute Gasteiger partial charge is 0.303 e. The molecular weight excluding hydrogens is 256 g/mol. The maximum atomic E-state index is 11.0. The average molecular weight is 276 g/mol. The van der Waals surface area contributed by atoms with Crippen molar-refractivity contribution in [2.24, 2.45) is 0 Å². The van der Waals surface area contributed by atoms with Crippen molar-refractivity contribution in [3.8, 4) is 0 Å². The quantitative estimate of drug-likeness (QED) is 0.660. The van der Waals surface area contributed by atoms with Crippen LogP contribution in [0, 0.1) is 0 Å². The second-order valence-corrected chi connectivity index (χ2v) is 4.48. The van der Waals surface area contributed by atoms with Crippen molar-refractivity contribution in [2.45, 2.75) is 57.7 Å². The Labute approximate surface area is 111 Å². The minimum absolute atomic E-state index is 0.145. The van der Waals surface area contributed by atoms with Crippen LogP contribution in [0.4, 0.5) is 0 Å². The minimum Gasteiger partial charge on any atom is -0.463 e. The third-order valence-corrected chi connectivity index (χ3v) is 2.94. The van der Waals surface area contributed by atoms with Crippen molar-refractivity contribution in [1.82, 2.24) is 0 Å². The van der Waals surface area contributed by atoms with Gasteiger partial charge in [0.05, 0.1) is 6.10 Å².